The van der Waals surface area contributed by atoms with Crippen molar-refractivity contribution in [3.8, 4) is 5.69 Å². The number of nitrogens with zero attached hydrogens (tertiary/aromatic N) is 2. The Balaban J connectivity index is 2.43. The Morgan fingerprint density at radius 2 is 2.33 bits per heavy atom. The minimum absolute atomic E-state index is 1.10. The first-order valence-corrected chi connectivity index (χ1v) is 3.83. The van der Waals surface area contributed by atoms with Gasteiger partial charge in [0.25, 0.3) is 0 Å². The highest BCUT2D eigenvalue weighted by Crippen LogP contribution is 2.07. The van der Waals surface area contributed by atoms with Crippen molar-refractivity contribution in [3.63, 3.8) is 0 Å². The molecule has 0 saturated heterocycles. The zero-order valence-corrected chi connectivity index (χ0v) is 6.86. The van der Waals surface area contributed by atoms with E-state index in [1.54, 1.807) is 12.5 Å². The lowest BCUT2D eigenvalue weighted by Gasteiger charge is -2.00. The summed E-state index contributed by atoms with van der Waals surface area (Å²) in [5.41, 5.74) is 2.25. The highest BCUT2D eigenvalue weighted by Gasteiger charge is 1.92. The molecule has 0 atom stereocenters. The first kappa shape index (κ1) is 7.10. The summed E-state index contributed by atoms with van der Waals surface area (Å²) in [5, 5.41) is 0. The molecule has 2 nitrogen and oxygen atoms in total. The van der Waals surface area contributed by atoms with Crippen molar-refractivity contribution in [1.82, 2.24) is 9.55 Å². The Bertz CT molecular complexity index is 346. The van der Waals surface area contributed by atoms with Crippen LogP contribution in [0.25, 0.3) is 5.69 Å². The van der Waals surface area contributed by atoms with Gasteiger partial charge in [0.1, 0.15) is 0 Å². The molecule has 0 aliphatic carbocycles. The van der Waals surface area contributed by atoms with E-state index in [1.165, 1.54) is 0 Å². The molecule has 2 aromatic rings. The number of hydrogen-bond donors (Lipinski definition) is 0. The van der Waals surface area contributed by atoms with Crippen molar-refractivity contribution in [3.05, 3.63) is 48.5 Å². The van der Waals surface area contributed by atoms with E-state index in [0.717, 1.165) is 11.3 Å². The number of benzene rings is 1. The molecule has 12 heavy (non-hydrogen) atoms. The van der Waals surface area contributed by atoms with Crippen LogP contribution in [0.15, 0.2) is 36.9 Å². The number of hydrogen-bond acceptors (Lipinski definition) is 1. The summed E-state index contributed by atoms with van der Waals surface area (Å²) < 4.78 is 1.95. The molecule has 0 bridgehead atoms. The van der Waals surface area contributed by atoms with Crippen LogP contribution in [0, 0.1) is 13.0 Å². The predicted molar refractivity (Wildman–Crippen MR) is 47.1 cm³/mol. The van der Waals surface area contributed by atoms with E-state index in [4.69, 9.17) is 0 Å². The van der Waals surface area contributed by atoms with E-state index in [2.05, 4.69) is 11.1 Å². The molecule has 0 amide bonds. The van der Waals surface area contributed by atoms with Gasteiger partial charge in [0.15, 0.2) is 0 Å². The maximum atomic E-state index is 3.97. The molecule has 2 heteroatoms. The minimum Gasteiger partial charge on any atom is -0.306 e. The van der Waals surface area contributed by atoms with Crippen LogP contribution in [0.3, 0.4) is 0 Å². The molecule has 59 valence electrons. The highest BCUT2D eigenvalue weighted by molar-refractivity contribution is 5.33. The van der Waals surface area contributed by atoms with E-state index in [0.29, 0.717) is 0 Å². The Morgan fingerprint density at radius 1 is 1.42 bits per heavy atom. The molecule has 0 aliphatic rings. The van der Waals surface area contributed by atoms with Crippen LogP contribution < -0.4 is 0 Å². The van der Waals surface area contributed by atoms with Crippen LogP contribution in [0.4, 0.5) is 0 Å². The van der Waals surface area contributed by atoms with Crippen molar-refractivity contribution >= 4 is 0 Å². The van der Waals surface area contributed by atoms with E-state index < -0.39 is 0 Å². The molecule has 0 unspecified atom stereocenters. The first-order chi connectivity index (χ1) is 5.86. The smallest absolute Gasteiger partial charge is 0.0991 e. The quantitative estimate of drug-likeness (QED) is 0.619. The lowest BCUT2D eigenvalue weighted by Crippen LogP contribution is -1.88. The van der Waals surface area contributed by atoms with Gasteiger partial charge in [0.2, 0.25) is 0 Å². The van der Waals surface area contributed by atoms with Gasteiger partial charge in [-0.25, -0.2) is 4.98 Å². The molecule has 1 heterocycles. The summed E-state index contributed by atoms with van der Waals surface area (Å²) in [5.74, 6) is 0. The fourth-order valence-corrected chi connectivity index (χ4v) is 1.07. The summed E-state index contributed by atoms with van der Waals surface area (Å²) in [6.07, 6.45) is 5.46. The zero-order valence-electron chi connectivity index (χ0n) is 6.86. The number of rotatable bonds is 1. The van der Waals surface area contributed by atoms with Gasteiger partial charge in [0, 0.05) is 18.1 Å². The molecule has 1 radical (unpaired) electrons. The standard InChI is InChI=1S/C10H9N2/c1-9-2-4-10(5-3-9)12-7-6-11-8-12/h2,4-8H,1H3. The Kier molecular flexibility index (Phi) is 1.67. The zero-order chi connectivity index (χ0) is 8.39. The lowest BCUT2D eigenvalue weighted by atomic mass is 10.2. The Morgan fingerprint density at radius 3 is 2.92 bits per heavy atom. The maximum Gasteiger partial charge on any atom is 0.0991 e. The highest BCUT2D eigenvalue weighted by atomic mass is 15.0. The Labute approximate surface area is 71.5 Å². The molecule has 0 fully saturated rings. The molecule has 0 saturated carbocycles. The molecule has 0 aliphatic heterocycles. The number of imidazole rings is 1. The third-order valence-electron chi connectivity index (χ3n) is 1.75. The monoisotopic (exact) mass is 157 g/mol. The third-order valence-corrected chi connectivity index (χ3v) is 1.75. The average molecular weight is 157 g/mol. The number of aromatic nitrogens is 2. The van der Waals surface area contributed by atoms with E-state index in [-0.39, 0.29) is 0 Å². The molecule has 1 aromatic carbocycles. The van der Waals surface area contributed by atoms with Gasteiger partial charge in [0.05, 0.1) is 6.33 Å². The largest absolute Gasteiger partial charge is 0.306 e. The van der Waals surface area contributed by atoms with Gasteiger partial charge in [-0.3, -0.25) is 0 Å². The van der Waals surface area contributed by atoms with Crippen molar-refractivity contribution in [2.24, 2.45) is 0 Å². The summed E-state index contributed by atoms with van der Waals surface area (Å²) in [4.78, 5) is 3.97. The van der Waals surface area contributed by atoms with Crippen LogP contribution in [-0.4, -0.2) is 9.55 Å². The molecule has 1 aromatic heterocycles. The van der Waals surface area contributed by atoms with E-state index in [9.17, 15) is 0 Å². The van der Waals surface area contributed by atoms with Gasteiger partial charge < -0.3 is 4.57 Å². The fraction of sp³-hybridized carbons (Fsp3) is 0.100. The first-order valence-electron chi connectivity index (χ1n) is 3.83. The lowest BCUT2D eigenvalue weighted by molar-refractivity contribution is 1.05. The van der Waals surface area contributed by atoms with Crippen molar-refractivity contribution < 1.29 is 0 Å². The van der Waals surface area contributed by atoms with Gasteiger partial charge >= 0.3 is 0 Å². The van der Waals surface area contributed by atoms with Gasteiger partial charge in [-0.1, -0.05) is 6.07 Å². The van der Waals surface area contributed by atoms with Crippen LogP contribution >= 0.6 is 0 Å². The van der Waals surface area contributed by atoms with E-state index in [1.807, 2.05) is 35.9 Å². The summed E-state index contributed by atoms with van der Waals surface area (Å²) in [6, 6.07) is 9.18. The molecule has 0 spiro atoms. The summed E-state index contributed by atoms with van der Waals surface area (Å²) in [6.45, 7) is 2.03. The fourth-order valence-electron chi connectivity index (χ4n) is 1.07. The number of aryl methyl sites for hydroxylation is 1. The van der Waals surface area contributed by atoms with Crippen LogP contribution in [0.2, 0.25) is 0 Å². The second kappa shape index (κ2) is 2.81. The van der Waals surface area contributed by atoms with Crippen LogP contribution in [0.1, 0.15) is 5.56 Å². The van der Waals surface area contributed by atoms with Crippen LogP contribution in [-0.2, 0) is 0 Å². The van der Waals surface area contributed by atoms with Crippen molar-refractivity contribution in [1.29, 1.82) is 0 Å². The molecule has 0 N–H and O–H groups in total. The summed E-state index contributed by atoms with van der Waals surface area (Å²) >= 11 is 0. The summed E-state index contributed by atoms with van der Waals surface area (Å²) in [7, 11) is 0. The second-order valence-electron chi connectivity index (χ2n) is 2.70. The molecule has 2 rings (SSSR count). The predicted octanol–water partition coefficient (Wildman–Crippen LogP) is 1.98. The molecular formula is C10H9N2. The third kappa shape index (κ3) is 1.23. The maximum absolute atomic E-state index is 3.97. The van der Waals surface area contributed by atoms with Crippen LogP contribution in [0.5, 0.6) is 0 Å². The van der Waals surface area contributed by atoms with E-state index >= 15 is 0 Å². The molecular weight excluding hydrogens is 148 g/mol. The van der Waals surface area contributed by atoms with Gasteiger partial charge in [-0.05, 0) is 30.7 Å². The Hall–Kier alpha value is -1.57. The second-order valence-corrected chi connectivity index (χ2v) is 2.70. The normalized spacial score (nSPS) is 10.1. The van der Waals surface area contributed by atoms with Gasteiger partial charge in [-0.2, -0.15) is 0 Å². The topological polar surface area (TPSA) is 17.8 Å². The van der Waals surface area contributed by atoms with Crippen molar-refractivity contribution in [2.45, 2.75) is 6.92 Å². The minimum atomic E-state index is 1.10. The van der Waals surface area contributed by atoms with Crippen molar-refractivity contribution in [2.75, 3.05) is 0 Å². The SMILES string of the molecule is Cc1[c]cc(-n2ccnc2)cc1. The average Bonchev–Trinajstić information content (AvgIpc) is 2.58. The van der Waals surface area contributed by atoms with Gasteiger partial charge in [-0.15, -0.1) is 0 Å².